The van der Waals surface area contributed by atoms with E-state index in [-0.39, 0.29) is 122 Å². The van der Waals surface area contributed by atoms with Crippen LogP contribution in [0.15, 0.2) is 0 Å². The fraction of sp³-hybridized carbons (Fsp3) is 0.500. The first-order valence-electron chi connectivity index (χ1n) is 9.76. The van der Waals surface area contributed by atoms with Crippen molar-refractivity contribution in [3.05, 3.63) is 0 Å². The van der Waals surface area contributed by atoms with E-state index < -0.39 is 128 Å². The number of carbonyl (C=O) groups is 6. The van der Waals surface area contributed by atoms with Crippen LogP contribution in [0.4, 0.5) is 0 Å². The molecule has 0 aliphatic carbocycles. The molecule has 0 rings (SSSR count). The number of hydrogen-bond acceptors (Lipinski definition) is 18. The fourth-order valence-corrected chi connectivity index (χ4v) is 8.79. The number of rotatable bonds is 15. The molecule has 294 valence electrons. The van der Waals surface area contributed by atoms with Crippen molar-refractivity contribution in [1.82, 2.24) is 0 Å². The van der Waals surface area contributed by atoms with Gasteiger partial charge in [0.25, 0.3) is 60.7 Å². The Morgan fingerprint density at radius 1 is 0.333 bits per heavy atom. The van der Waals surface area contributed by atoms with E-state index in [1.54, 1.807) is 0 Å². The summed E-state index contributed by atoms with van der Waals surface area (Å²) < 4.78 is 166. The summed E-state index contributed by atoms with van der Waals surface area (Å²) in [6, 6.07) is 0. The molecule has 0 bridgehead atoms. The van der Waals surface area contributed by atoms with Crippen LogP contribution in [0.1, 0.15) is 27.8 Å². The van der Waals surface area contributed by atoms with Crippen molar-refractivity contribution in [3.63, 3.8) is 0 Å². The fourth-order valence-electron chi connectivity index (χ4n) is 2.43. The van der Waals surface area contributed by atoms with E-state index in [1.165, 1.54) is 0 Å². The van der Waals surface area contributed by atoms with Crippen LogP contribution in [0, 0.1) is 0 Å². The first-order valence-corrected chi connectivity index (χ1v) is 18.4. The summed E-state index contributed by atoms with van der Waals surface area (Å²) in [5.74, 6) is -14.6. The summed E-state index contributed by atoms with van der Waals surface area (Å²) in [6.45, 7) is 0. The molecule has 0 aromatic rings. The standard InChI is InChI=1S/3C4H6O10S2.3Ca.6H/c3*5-2(6)1-4(3(7)8,15(9,10)11)16(12,13)14;;;;;;;;;/h3*1H2,(H,5,6)(H,7,8)(H,9,10,11)(H,12,13,14);;;;;;;;;/q;;;3*+2;6*-1. The third-order valence-corrected chi connectivity index (χ3v) is 15.3. The molecular weight excluding hydrogens is 937 g/mol. The molecular formula is C12H24Ca3O30S6. The van der Waals surface area contributed by atoms with Gasteiger partial charge in [0.05, 0.1) is 19.3 Å². The zero-order valence-corrected chi connectivity index (χ0v) is 35.4. The van der Waals surface area contributed by atoms with Crippen molar-refractivity contribution < 1.29 is 146 Å². The second-order valence-corrected chi connectivity index (χ2v) is 18.4. The van der Waals surface area contributed by atoms with Crippen LogP contribution in [-0.2, 0) is 89.5 Å². The van der Waals surface area contributed by atoms with Gasteiger partial charge in [-0.2, -0.15) is 50.5 Å². The Kier molecular flexibility index (Phi) is 26.4. The van der Waals surface area contributed by atoms with Gasteiger partial charge in [-0.1, -0.05) is 0 Å². The second kappa shape index (κ2) is 21.4. The van der Waals surface area contributed by atoms with Gasteiger partial charge in [0, 0.05) is 0 Å². The van der Waals surface area contributed by atoms with Gasteiger partial charge in [-0.25, -0.2) is 14.4 Å². The van der Waals surface area contributed by atoms with Gasteiger partial charge >= 0.3 is 161 Å². The summed E-state index contributed by atoms with van der Waals surface area (Å²) in [5.41, 5.74) is 0. The van der Waals surface area contributed by atoms with Gasteiger partial charge in [-0.15, -0.1) is 0 Å². The molecule has 0 aromatic carbocycles. The third kappa shape index (κ3) is 15.3. The number of carboxylic acid groups (broad SMARTS) is 6. The average molecular weight is 961 g/mol. The molecule has 0 aliphatic heterocycles. The maximum absolute atomic E-state index is 10.6. The van der Waals surface area contributed by atoms with Crippen molar-refractivity contribution >= 4 is 210 Å². The maximum atomic E-state index is 10.6. The van der Waals surface area contributed by atoms with E-state index in [4.69, 9.17) is 58.0 Å². The molecule has 0 heterocycles. The van der Waals surface area contributed by atoms with Crippen molar-refractivity contribution in [3.8, 4) is 0 Å². The molecule has 0 radical (unpaired) electrons. The molecule has 0 saturated carbocycles. The topological polar surface area (TPSA) is 550 Å². The minimum absolute atomic E-state index is 0. The van der Waals surface area contributed by atoms with Gasteiger partial charge in [0.2, 0.25) is 0 Å². The normalized spacial score (nSPS) is 12.6. The molecule has 39 heteroatoms. The van der Waals surface area contributed by atoms with Crippen LogP contribution in [0.5, 0.6) is 0 Å². The number of aliphatic carboxylic acids is 6. The van der Waals surface area contributed by atoms with Gasteiger partial charge in [0.15, 0.2) is 0 Å². The molecule has 0 fully saturated rings. The monoisotopic (exact) mass is 960 g/mol. The molecule has 0 spiro atoms. The van der Waals surface area contributed by atoms with E-state index in [0.29, 0.717) is 0 Å². The van der Waals surface area contributed by atoms with Gasteiger partial charge in [0.1, 0.15) is 0 Å². The molecule has 30 nitrogen and oxygen atoms in total. The van der Waals surface area contributed by atoms with Crippen LogP contribution < -0.4 is 0 Å². The van der Waals surface area contributed by atoms with E-state index >= 15 is 0 Å². The predicted octanol–water partition coefficient (Wildman–Crippen LogP) is -6.41. The van der Waals surface area contributed by atoms with Crippen molar-refractivity contribution in [2.75, 3.05) is 0 Å². The van der Waals surface area contributed by atoms with Crippen molar-refractivity contribution in [2.24, 2.45) is 0 Å². The van der Waals surface area contributed by atoms with Crippen molar-refractivity contribution in [1.29, 1.82) is 0 Å². The summed E-state index contributed by atoms with van der Waals surface area (Å²) in [5, 5.41) is 49.8. The van der Waals surface area contributed by atoms with Gasteiger partial charge in [-0.3, -0.25) is 41.7 Å². The zero-order chi connectivity index (χ0) is 40.1. The van der Waals surface area contributed by atoms with Gasteiger partial charge < -0.3 is 39.2 Å². The summed E-state index contributed by atoms with van der Waals surface area (Å²) >= 11 is 0. The average Bonchev–Trinajstić information content (AvgIpc) is 2.74. The minimum atomic E-state index is -5.90. The molecule has 0 saturated heterocycles. The van der Waals surface area contributed by atoms with Crippen molar-refractivity contribution in [2.45, 2.75) is 31.5 Å². The Labute approximate surface area is 382 Å². The van der Waals surface area contributed by atoms with E-state index in [0.717, 1.165) is 0 Å². The molecule has 51 heavy (non-hydrogen) atoms. The Hall–Kier alpha value is 0.0592. The number of hydrogen-bond donors (Lipinski definition) is 12. The van der Waals surface area contributed by atoms with E-state index in [9.17, 15) is 79.3 Å². The third-order valence-electron chi connectivity index (χ3n) is 4.63. The largest absolute Gasteiger partial charge is 2.00 e. The zero-order valence-electron chi connectivity index (χ0n) is 29.9. The summed E-state index contributed by atoms with van der Waals surface area (Å²) in [7, 11) is -35.4. The van der Waals surface area contributed by atoms with Crippen LogP contribution >= 0.6 is 0 Å². The van der Waals surface area contributed by atoms with Crippen LogP contribution in [0.3, 0.4) is 0 Å². The van der Waals surface area contributed by atoms with Crippen LogP contribution in [0.25, 0.3) is 0 Å². The molecule has 0 amide bonds. The van der Waals surface area contributed by atoms with Gasteiger partial charge in [-0.05, 0) is 0 Å². The molecule has 12 N–H and O–H groups in total. The molecule has 0 aromatic heterocycles. The van der Waals surface area contributed by atoms with Crippen LogP contribution in [-0.4, -0.2) is 270 Å². The second-order valence-electron chi connectivity index (χ2n) is 7.74. The quantitative estimate of drug-likeness (QED) is 0.0536. The summed E-state index contributed by atoms with van der Waals surface area (Å²) in [4.78, 5) is 62.1. The first kappa shape index (κ1) is 63.0. The van der Waals surface area contributed by atoms with Crippen LogP contribution in [0.2, 0.25) is 0 Å². The maximum Gasteiger partial charge on any atom is 2.00 e. The minimum Gasteiger partial charge on any atom is -1.00 e. The Morgan fingerprint density at radius 3 is 0.451 bits per heavy atom. The molecule has 0 unspecified atom stereocenters. The predicted molar refractivity (Wildman–Crippen MR) is 161 cm³/mol. The van der Waals surface area contributed by atoms with E-state index in [2.05, 4.69) is 0 Å². The Balaban J connectivity index is -0.0000000494. The smallest absolute Gasteiger partial charge is 1.00 e. The Bertz CT molecular complexity index is 1710. The Morgan fingerprint density at radius 2 is 0.431 bits per heavy atom. The SMILES string of the molecule is O=C(O)CC(C(=O)O)(S(=O)(=O)O)S(=O)(=O)O.O=C(O)CC(C(=O)O)(S(=O)(=O)O)S(=O)(=O)O.O=C(O)CC(C(=O)O)(S(=O)(=O)O)S(=O)(=O)O.[Ca+2].[Ca+2].[Ca+2].[H-].[H-].[H-].[H-].[H-].[H-]. The van der Waals surface area contributed by atoms with E-state index in [1.807, 2.05) is 0 Å². The number of carboxylic acids is 6. The molecule has 0 atom stereocenters. The summed E-state index contributed by atoms with van der Waals surface area (Å²) in [6.07, 6.45) is -6.13. The molecule has 0 aliphatic rings. The first-order chi connectivity index (χ1) is 20.6.